The van der Waals surface area contributed by atoms with Crippen LogP contribution in [0.15, 0.2) is 63.6 Å². The molecule has 25 heavy (non-hydrogen) atoms. The summed E-state index contributed by atoms with van der Waals surface area (Å²) in [5.41, 5.74) is 0.964. The lowest BCUT2D eigenvalue weighted by atomic mass is 10.2. The number of nitrogens with zero attached hydrogens (tertiary/aromatic N) is 3. The first-order valence-corrected chi connectivity index (χ1v) is 7.32. The van der Waals surface area contributed by atoms with Crippen LogP contribution in [-0.4, -0.2) is 26.0 Å². The number of azo groups is 1. The van der Waals surface area contributed by atoms with Crippen molar-refractivity contribution in [1.82, 2.24) is 9.78 Å². The molecule has 0 bridgehead atoms. The third kappa shape index (κ3) is 3.18. The molecule has 3 aromatic rings. The predicted molar refractivity (Wildman–Crippen MR) is 90.4 cm³/mol. The van der Waals surface area contributed by atoms with Crippen LogP contribution in [0.25, 0.3) is 5.69 Å². The first-order valence-electron chi connectivity index (χ1n) is 7.32. The Kier molecular flexibility index (Phi) is 4.17. The van der Waals surface area contributed by atoms with Gasteiger partial charge in [-0.05, 0) is 31.2 Å². The quantitative estimate of drug-likeness (QED) is 0.632. The Hall–Kier alpha value is -3.68. The van der Waals surface area contributed by atoms with E-state index in [0.717, 1.165) is 0 Å². The second-order valence-electron chi connectivity index (χ2n) is 5.27. The molecule has 0 spiro atoms. The van der Waals surface area contributed by atoms with Crippen molar-refractivity contribution < 1.29 is 15.0 Å². The zero-order chi connectivity index (χ0) is 18.0. The van der Waals surface area contributed by atoms with Crippen LogP contribution in [-0.2, 0) is 0 Å². The monoisotopic (exact) mass is 338 g/mol. The van der Waals surface area contributed by atoms with Crippen LogP contribution in [0.1, 0.15) is 16.1 Å². The number of aromatic hydroxyl groups is 1. The lowest BCUT2D eigenvalue weighted by Gasteiger charge is -1.99. The third-order valence-corrected chi connectivity index (χ3v) is 3.53. The van der Waals surface area contributed by atoms with E-state index in [2.05, 4.69) is 15.3 Å². The smallest absolute Gasteiger partial charge is 0.339 e. The van der Waals surface area contributed by atoms with Gasteiger partial charge in [-0.25, -0.2) is 9.48 Å². The molecule has 0 saturated carbocycles. The molecule has 0 aliphatic carbocycles. The molecule has 0 aliphatic rings. The number of hydrogen-bond donors (Lipinski definition) is 3. The van der Waals surface area contributed by atoms with Crippen molar-refractivity contribution >= 4 is 17.3 Å². The fourth-order valence-electron chi connectivity index (χ4n) is 2.29. The number of aromatic nitrogens is 2. The summed E-state index contributed by atoms with van der Waals surface area (Å²) < 4.78 is 1.36. The average molecular weight is 338 g/mol. The van der Waals surface area contributed by atoms with E-state index < -0.39 is 11.7 Å². The highest BCUT2D eigenvalue weighted by Gasteiger charge is 2.13. The van der Waals surface area contributed by atoms with Gasteiger partial charge in [0, 0.05) is 6.07 Å². The van der Waals surface area contributed by atoms with Crippen molar-refractivity contribution in [2.24, 2.45) is 10.2 Å². The van der Waals surface area contributed by atoms with Crippen molar-refractivity contribution in [1.29, 1.82) is 0 Å². The van der Waals surface area contributed by atoms with Gasteiger partial charge in [0.15, 0.2) is 5.69 Å². The van der Waals surface area contributed by atoms with Gasteiger partial charge in [0.2, 0.25) is 0 Å². The standard InChI is InChI=1S/C17H14N4O4/c1-10-15(16(23)21(20-10)12-5-3-2-4-6-12)19-18-11-7-8-13(17(24)25)14(22)9-11/h2-9,20,22H,1H3,(H,24,25). The Balaban J connectivity index is 1.95. The van der Waals surface area contributed by atoms with Gasteiger partial charge >= 0.3 is 5.97 Å². The van der Waals surface area contributed by atoms with Crippen molar-refractivity contribution in [3.63, 3.8) is 0 Å². The predicted octanol–water partition coefficient (Wildman–Crippen LogP) is 3.29. The van der Waals surface area contributed by atoms with Gasteiger partial charge < -0.3 is 10.2 Å². The van der Waals surface area contributed by atoms with Crippen LogP contribution in [0.5, 0.6) is 5.75 Å². The molecule has 0 radical (unpaired) electrons. The van der Waals surface area contributed by atoms with Crippen LogP contribution in [0.3, 0.4) is 0 Å². The summed E-state index contributed by atoms with van der Waals surface area (Å²) in [7, 11) is 0. The van der Waals surface area contributed by atoms with E-state index in [9.17, 15) is 14.7 Å². The van der Waals surface area contributed by atoms with Crippen molar-refractivity contribution in [2.75, 3.05) is 0 Å². The zero-order valence-corrected chi connectivity index (χ0v) is 13.2. The summed E-state index contributed by atoms with van der Waals surface area (Å²) in [5, 5.41) is 29.3. The van der Waals surface area contributed by atoms with Crippen LogP contribution < -0.4 is 5.56 Å². The van der Waals surface area contributed by atoms with Gasteiger partial charge in [-0.1, -0.05) is 18.2 Å². The number of carboxylic acids is 1. The first kappa shape index (κ1) is 16.2. The molecule has 0 amide bonds. The maximum atomic E-state index is 12.5. The van der Waals surface area contributed by atoms with Crippen LogP contribution >= 0.6 is 0 Å². The highest BCUT2D eigenvalue weighted by Crippen LogP contribution is 2.25. The molecule has 126 valence electrons. The summed E-state index contributed by atoms with van der Waals surface area (Å²) in [6.07, 6.45) is 0. The largest absolute Gasteiger partial charge is 0.507 e. The average Bonchev–Trinajstić information content (AvgIpc) is 2.88. The van der Waals surface area contributed by atoms with Gasteiger partial charge in [-0.2, -0.15) is 5.11 Å². The Morgan fingerprint density at radius 1 is 1.12 bits per heavy atom. The van der Waals surface area contributed by atoms with Gasteiger partial charge in [0.25, 0.3) is 5.56 Å². The summed E-state index contributed by atoms with van der Waals surface area (Å²) in [4.78, 5) is 23.3. The number of aryl methyl sites for hydroxylation is 1. The number of H-pyrrole nitrogens is 1. The van der Waals surface area contributed by atoms with E-state index in [0.29, 0.717) is 11.4 Å². The minimum Gasteiger partial charge on any atom is -0.507 e. The Bertz CT molecular complexity index is 1020. The number of carboxylic acid groups (broad SMARTS) is 1. The number of carbonyl (C=O) groups is 1. The molecule has 8 heteroatoms. The number of nitrogens with one attached hydrogen (secondary N) is 1. The fourth-order valence-corrected chi connectivity index (χ4v) is 2.29. The molecule has 0 saturated heterocycles. The molecule has 2 aromatic carbocycles. The number of para-hydroxylation sites is 1. The molecule has 1 heterocycles. The van der Waals surface area contributed by atoms with Crippen molar-refractivity contribution in [3.8, 4) is 11.4 Å². The normalized spacial score (nSPS) is 11.1. The van der Waals surface area contributed by atoms with Gasteiger partial charge in [0.1, 0.15) is 11.3 Å². The van der Waals surface area contributed by atoms with Gasteiger partial charge in [-0.15, -0.1) is 5.11 Å². The van der Waals surface area contributed by atoms with Crippen molar-refractivity contribution in [2.45, 2.75) is 6.92 Å². The lowest BCUT2D eigenvalue weighted by Crippen LogP contribution is -2.13. The Morgan fingerprint density at radius 2 is 1.84 bits per heavy atom. The minimum atomic E-state index is -1.24. The first-order chi connectivity index (χ1) is 12.0. The van der Waals surface area contributed by atoms with E-state index in [4.69, 9.17) is 5.11 Å². The number of hydrogen-bond acceptors (Lipinski definition) is 5. The second-order valence-corrected chi connectivity index (χ2v) is 5.27. The number of rotatable bonds is 4. The van der Waals surface area contributed by atoms with E-state index in [-0.39, 0.29) is 22.5 Å². The summed E-state index contributed by atoms with van der Waals surface area (Å²) in [6, 6.07) is 12.8. The SMILES string of the molecule is Cc1[nH]n(-c2ccccc2)c(=O)c1N=Nc1ccc(C(=O)O)c(O)c1. The van der Waals surface area contributed by atoms with Crippen LogP contribution in [0, 0.1) is 6.92 Å². The molecule has 0 unspecified atom stereocenters. The maximum Gasteiger partial charge on any atom is 0.339 e. The lowest BCUT2D eigenvalue weighted by molar-refractivity contribution is 0.0694. The maximum absolute atomic E-state index is 12.5. The molecule has 1 aromatic heterocycles. The zero-order valence-electron chi connectivity index (χ0n) is 13.2. The van der Waals surface area contributed by atoms with E-state index >= 15 is 0 Å². The van der Waals surface area contributed by atoms with E-state index in [1.807, 2.05) is 18.2 Å². The molecule has 8 nitrogen and oxygen atoms in total. The molecular formula is C17H14N4O4. The number of phenols is 1. The molecule has 3 rings (SSSR count). The second kappa shape index (κ2) is 6.44. The number of benzene rings is 2. The molecule has 3 N–H and O–H groups in total. The Morgan fingerprint density at radius 3 is 2.48 bits per heavy atom. The van der Waals surface area contributed by atoms with Gasteiger partial charge in [0.05, 0.1) is 17.1 Å². The molecule has 0 fully saturated rings. The Labute approximate surface area is 141 Å². The highest BCUT2D eigenvalue weighted by atomic mass is 16.4. The number of aromatic amines is 1. The topological polar surface area (TPSA) is 120 Å². The van der Waals surface area contributed by atoms with Crippen LogP contribution in [0.4, 0.5) is 11.4 Å². The van der Waals surface area contributed by atoms with Crippen molar-refractivity contribution in [3.05, 3.63) is 70.1 Å². The summed E-state index contributed by atoms with van der Waals surface area (Å²) in [5.74, 6) is -1.66. The third-order valence-electron chi connectivity index (χ3n) is 3.53. The number of aromatic carboxylic acids is 1. The molecule has 0 aliphatic heterocycles. The molecular weight excluding hydrogens is 324 g/mol. The van der Waals surface area contributed by atoms with E-state index in [1.54, 1.807) is 19.1 Å². The minimum absolute atomic E-state index is 0.130. The summed E-state index contributed by atoms with van der Waals surface area (Å²) >= 11 is 0. The molecule has 0 atom stereocenters. The summed E-state index contributed by atoms with van der Waals surface area (Å²) in [6.45, 7) is 1.69. The fraction of sp³-hybridized carbons (Fsp3) is 0.0588. The highest BCUT2D eigenvalue weighted by molar-refractivity contribution is 5.91. The van der Waals surface area contributed by atoms with Gasteiger partial charge in [-0.3, -0.25) is 9.89 Å². The van der Waals surface area contributed by atoms with Crippen LogP contribution in [0.2, 0.25) is 0 Å². The van der Waals surface area contributed by atoms with E-state index in [1.165, 1.54) is 22.9 Å².